The molecule has 0 saturated heterocycles. The Bertz CT molecular complexity index is 175. The van der Waals surface area contributed by atoms with Gasteiger partial charge in [0.05, 0.1) is 0 Å². The van der Waals surface area contributed by atoms with Crippen LogP contribution in [0.1, 0.15) is 27.7 Å². The summed E-state index contributed by atoms with van der Waals surface area (Å²) in [4.78, 5) is 0. The highest BCUT2D eigenvalue weighted by Gasteiger charge is 2.10. The molecule has 0 fully saturated rings. The third-order valence-electron chi connectivity index (χ3n) is 1.56. The summed E-state index contributed by atoms with van der Waals surface area (Å²) in [5.41, 5.74) is 1.36. The Morgan fingerprint density at radius 2 is 1.73 bits per heavy atom. The van der Waals surface area contributed by atoms with E-state index in [2.05, 4.69) is 33.4 Å². The molecule has 0 spiro atoms. The standard InChI is InChI=1S/C11H18/c1-6-7-8-9-10(2)11(3,4)5/h6-9H,2H2,1,3-5H3. The minimum absolute atomic E-state index is 0.193. The average Bonchev–Trinajstić information content (AvgIpc) is 1.86. The van der Waals surface area contributed by atoms with E-state index >= 15 is 0 Å². The number of rotatable bonds is 2. The minimum atomic E-state index is 0.193. The first-order chi connectivity index (χ1) is 4.98. The summed E-state index contributed by atoms with van der Waals surface area (Å²) in [6.07, 6.45) is 8.09. The van der Waals surface area contributed by atoms with Gasteiger partial charge in [0.1, 0.15) is 0 Å². The Kier molecular flexibility index (Phi) is 3.88. The normalized spacial score (nSPS) is 13.1. The van der Waals surface area contributed by atoms with Crippen molar-refractivity contribution in [3.8, 4) is 0 Å². The van der Waals surface area contributed by atoms with Crippen molar-refractivity contribution < 1.29 is 0 Å². The molecule has 0 N–H and O–H groups in total. The van der Waals surface area contributed by atoms with E-state index in [1.165, 1.54) is 0 Å². The summed E-state index contributed by atoms with van der Waals surface area (Å²) >= 11 is 0. The molecule has 0 bridgehead atoms. The van der Waals surface area contributed by atoms with Gasteiger partial charge in [-0.25, -0.2) is 0 Å². The number of hydrogen-bond donors (Lipinski definition) is 0. The van der Waals surface area contributed by atoms with Crippen LogP contribution in [0, 0.1) is 5.41 Å². The Labute approximate surface area is 70.3 Å². The van der Waals surface area contributed by atoms with E-state index in [0.717, 1.165) is 5.57 Å². The molecule has 0 nitrogen and oxygen atoms in total. The second kappa shape index (κ2) is 4.17. The van der Waals surface area contributed by atoms with Crippen molar-refractivity contribution in [3.63, 3.8) is 0 Å². The Morgan fingerprint density at radius 1 is 1.18 bits per heavy atom. The molecule has 0 unspecified atom stereocenters. The Balaban J connectivity index is 4.08. The largest absolute Gasteiger partial charge is 0.0953 e. The molecule has 0 atom stereocenters. The fraction of sp³-hybridized carbons (Fsp3) is 0.455. The summed E-state index contributed by atoms with van der Waals surface area (Å²) in [6, 6.07) is 0. The van der Waals surface area contributed by atoms with Gasteiger partial charge in [0.2, 0.25) is 0 Å². The van der Waals surface area contributed by atoms with E-state index in [9.17, 15) is 0 Å². The molecule has 0 heteroatoms. The van der Waals surface area contributed by atoms with Crippen LogP contribution in [-0.4, -0.2) is 0 Å². The van der Waals surface area contributed by atoms with Crippen LogP contribution in [0.4, 0.5) is 0 Å². The van der Waals surface area contributed by atoms with Crippen LogP contribution < -0.4 is 0 Å². The zero-order chi connectivity index (χ0) is 8.91. The maximum atomic E-state index is 3.98. The summed E-state index contributed by atoms with van der Waals surface area (Å²) < 4.78 is 0. The molecule has 0 aromatic rings. The van der Waals surface area contributed by atoms with Crippen molar-refractivity contribution in [2.24, 2.45) is 5.41 Å². The molecular formula is C11H18. The molecule has 0 aliphatic carbocycles. The predicted molar refractivity (Wildman–Crippen MR) is 52.5 cm³/mol. The summed E-state index contributed by atoms with van der Waals surface area (Å²) in [7, 11) is 0. The molecule has 0 radical (unpaired) electrons. The van der Waals surface area contributed by atoms with Crippen molar-refractivity contribution in [2.75, 3.05) is 0 Å². The highest BCUT2D eigenvalue weighted by atomic mass is 14.2. The molecule has 0 rings (SSSR count). The molecule has 0 aliphatic heterocycles. The quantitative estimate of drug-likeness (QED) is 0.526. The molecule has 0 amide bonds. The van der Waals surface area contributed by atoms with Crippen LogP contribution >= 0.6 is 0 Å². The van der Waals surface area contributed by atoms with Gasteiger partial charge in [-0.15, -0.1) is 0 Å². The van der Waals surface area contributed by atoms with Crippen molar-refractivity contribution in [2.45, 2.75) is 27.7 Å². The molecule has 0 aromatic carbocycles. The smallest absolute Gasteiger partial charge is 0.0138 e. The lowest BCUT2D eigenvalue weighted by Crippen LogP contribution is -2.05. The van der Waals surface area contributed by atoms with Crippen molar-refractivity contribution in [3.05, 3.63) is 36.5 Å². The van der Waals surface area contributed by atoms with Crippen LogP contribution in [0.2, 0.25) is 0 Å². The van der Waals surface area contributed by atoms with Gasteiger partial charge in [-0.3, -0.25) is 0 Å². The minimum Gasteiger partial charge on any atom is -0.0953 e. The third kappa shape index (κ3) is 4.60. The molecule has 0 aromatic heterocycles. The predicted octanol–water partition coefficient (Wildman–Crippen LogP) is 3.72. The molecule has 62 valence electrons. The van der Waals surface area contributed by atoms with Gasteiger partial charge in [0.15, 0.2) is 0 Å². The molecule has 11 heavy (non-hydrogen) atoms. The average molecular weight is 150 g/mol. The maximum absolute atomic E-state index is 3.98. The first-order valence-corrected chi connectivity index (χ1v) is 3.97. The lowest BCUT2D eigenvalue weighted by molar-refractivity contribution is 0.519. The van der Waals surface area contributed by atoms with Gasteiger partial charge in [-0.05, 0) is 17.9 Å². The number of hydrogen-bond acceptors (Lipinski definition) is 0. The van der Waals surface area contributed by atoms with E-state index < -0.39 is 0 Å². The molecular weight excluding hydrogens is 132 g/mol. The maximum Gasteiger partial charge on any atom is -0.0138 e. The third-order valence-corrected chi connectivity index (χ3v) is 1.56. The Morgan fingerprint density at radius 3 is 2.09 bits per heavy atom. The highest BCUT2D eigenvalue weighted by molar-refractivity contribution is 5.23. The van der Waals surface area contributed by atoms with Crippen LogP contribution in [0.15, 0.2) is 36.5 Å². The second-order valence-corrected chi connectivity index (χ2v) is 3.66. The van der Waals surface area contributed by atoms with Gasteiger partial charge in [-0.1, -0.05) is 51.7 Å². The summed E-state index contributed by atoms with van der Waals surface area (Å²) in [5.74, 6) is 0. The highest BCUT2D eigenvalue weighted by Crippen LogP contribution is 2.23. The van der Waals surface area contributed by atoms with Gasteiger partial charge in [0, 0.05) is 0 Å². The zero-order valence-electron chi connectivity index (χ0n) is 8.02. The van der Waals surface area contributed by atoms with Gasteiger partial charge >= 0.3 is 0 Å². The van der Waals surface area contributed by atoms with E-state index in [-0.39, 0.29) is 5.41 Å². The van der Waals surface area contributed by atoms with E-state index in [1.54, 1.807) is 0 Å². The molecule has 0 saturated carbocycles. The van der Waals surface area contributed by atoms with E-state index in [1.807, 2.05) is 25.2 Å². The zero-order valence-corrected chi connectivity index (χ0v) is 8.02. The SMILES string of the molecule is C=C(C=CC=CC)C(C)(C)C. The lowest BCUT2D eigenvalue weighted by atomic mass is 9.87. The monoisotopic (exact) mass is 150 g/mol. The van der Waals surface area contributed by atoms with Crippen LogP contribution in [0.25, 0.3) is 0 Å². The van der Waals surface area contributed by atoms with Crippen molar-refractivity contribution in [1.29, 1.82) is 0 Å². The first-order valence-electron chi connectivity index (χ1n) is 3.97. The van der Waals surface area contributed by atoms with Crippen LogP contribution in [-0.2, 0) is 0 Å². The van der Waals surface area contributed by atoms with Gasteiger partial charge in [0.25, 0.3) is 0 Å². The molecule has 0 aliphatic rings. The fourth-order valence-corrected chi connectivity index (χ4v) is 0.533. The van der Waals surface area contributed by atoms with Gasteiger partial charge < -0.3 is 0 Å². The lowest BCUT2D eigenvalue weighted by Gasteiger charge is -2.18. The van der Waals surface area contributed by atoms with E-state index in [4.69, 9.17) is 0 Å². The second-order valence-electron chi connectivity index (χ2n) is 3.66. The van der Waals surface area contributed by atoms with Gasteiger partial charge in [-0.2, -0.15) is 0 Å². The fourth-order valence-electron chi connectivity index (χ4n) is 0.533. The molecule has 0 heterocycles. The topological polar surface area (TPSA) is 0 Å². The number of allylic oxidation sites excluding steroid dienone is 5. The first kappa shape index (κ1) is 10.2. The van der Waals surface area contributed by atoms with Crippen molar-refractivity contribution >= 4 is 0 Å². The van der Waals surface area contributed by atoms with Crippen molar-refractivity contribution in [1.82, 2.24) is 0 Å². The van der Waals surface area contributed by atoms with E-state index in [0.29, 0.717) is 0 Å². The summed E-state index contributed by atoms with van der Waals surface area (Å²) in [5, 5.41) is 0. The van der Waals surface area contributed by atoms with Crippen LogP contribution in [0.5, 0.6) is 0 Å². The Hall–Kier alpha value is -0.780. The van der Waals surface area contributed by atoms with Crippen LogP contribution in [0.3, 0.4) is 0 Å². The summed E-state index contributed by atoms with van der Waals surface area (Å²) in [6.45, 7) is 12.5.